The number of pyridine rings is 1. The van der Waals surface area contributed by atoms with E-state index in [9.17, 15) is 8.42 Å². The Morgan fingerprint density at radius 3 is 2.45 bits per heavy atom. The third-order valence-corrected chi connectivity index (χ3v) is 4.71. The molecule has 2 aromatic rings. The minimum Gasteiger partial charge on any atom is -0.357 e. The van der Waals surface area contributed by atoms with Gasteiger partial charge in [0.25, 0.3) is 0 Å². The molecule has 8 heteroatoms. The van der Waals surface area contributed by atoms with Crippen LogP contribution in [-0.4, -0.2) is 36.3 Å². The molecule has 0 atom stereocenters. The van der Waals surface area contributed by atoms with E-state index in [0.717, 1.165) is 24.5 Å². The van der Waals surface area contributed by atoms with Gasteiger partial charge in [-0.15, -0.1) is 0 Å². The van der Waals surface area contributed by atoms with Crippen LogP contribution in [0, 0.1) is 0 Å². The first-order chi connectivity index (χ1) is 10.5. The fraction of sp³-hybridized carbons (Fsp3) is 0.429. The highest BCUT2D eigenvalue weighted by Gasteiger charge is 2.15. The molecule has 0 aliphatic carbocycles. The molecule has 0 spiro atoms. The van der Waals surface area contributed by atoms with Crippen molar-refractivity contribution in [1.29, 1.82) is 0 Å². The van der Waals surface area contributed by atoms with E-state index < -0.39 is 10.0 Å². The van der Waals surface area contributed by atoms with Crippen LogP contribution in [-0.2, 0) is 23.6 Å². The molecule has 1 N–H and O–H groups in total. The number of nitrogens with zero attached hydrogens (tertiary/aromatic N) is 4. The summed E-state index contributed by atoms with van der Waals surface area (Å²) in [7, 11) is -1.87. The van der Waals surface area contributed by atoms with E-state index >= 15 is 0 Å². The van der Waals surface area contributed by atoms with Crippen molar-refractivity contribution in [2.45, 2.75) is 25.3 Å². The first-order valence-corrected chi connectivity index (χ1v) is 8.62. The van der Waals surface area contributed by atoms with Gasteiger partial charge in [-0.1, -0.05) is 6.07 Å². The topological polar surface area (TPSA) is 80.1 Å². The Morgan fingerprint density at radius 2 is 1.95 bits per heavy atom. The standard InChI is InChI=1S/C14H21N5O2S/c1-4-19(5-2)14-7-6-12(8-15-14)9-17-22(20,21)13-10-16-18(3)11-13/h6-8,10-11,17H,4-5,9H2,1-3H3. The zero-order valence-electron chi connectivity index (χ0n) is 13.0. The average Bonchev–Trinajstić information content (AvgIpc) is 2.95. The van der Waals surface area contributed by atoms with Gasteiger partial charge in [-0.05, 0) is 25.5 Å². The second-order valence-electron chi connectivity index (χ2n) is 4.87. The predicted octanol–water partition coefficient (Wildman–Crippen LogP) is 1.14. The second kappa shape index (κ2) is 6.89. The van der Waals surface area contributed by atoms with Crippen LogP contribution in [0.1, 0.15) is 19.4 Å². The SMILES string of the molecule is CCN(CC)c1ccc(CNS(=O)(=O)c2cnn(C)c2)cn1. The van der Waals surface area contributed by atoms with Gasteiger partial charge in [-0.2, -0.15) is 5.10 Å². The van der Waals surface area contributed by atoms with Crippen molar-refractivity contribution in [3.05, 3.63) is 36.3 Å². The lowest BCUT2D eigenvalue weighted by Crippen LogP contribution is -2.24. The van der Waals surface area contributed by atoms with E-state index in [2.05, 4.69) is 33.6 Å². The van der Waals surface area contributed by atoms with Crippen LogP contribution in [0.25, 0.3) is 0 Å². The molecule has 0 amide bonds. The highest BCUT2D eigenvalue weighted by Crippen LogP contribution is 2.12. The number of hydrogen-bond acceptors (Lipinski definition) is 5. The van der Waals surface area contributed by atoms with Crippen molar-refractivity contribution < 1.29 is 8.42 Å². The average molecular weight is 323 g/mol. The predicted molar refractivity (Wildman–Crippen MR) is 85.0 cm³/mol. The highest BCUT2D eigenvalue weighted by atomic mass is 32.2. The van der Waals surface area contributed by atoms with Crippen LogP contribution in [0.15, 0.2) is 35.6 Å². The molecule has 0 saturated carbocycles. The van der Waals surface area contributed by atoms with Gasteiger partial charge in [0.2, 0.25) is 10.0 Å². The molecular formula is C14H21N5O2S. The lowest BCUT2D eigenvalue weighted by atomic mass is 10.3. The number of rotatable bonds is 7. The summed E-state index contributed by atoms with van der Waals surface area (Å²) in [6.45, 7) is 6.11. The number of nitrogens with one attached hydrogen (secondary N) is 1. The molecular weight excluding hydrogens is 302 g/mol. The number of sulfonamides is 1. The van der Waals surface area contributed by atoms with Crippen molar-refractivity contribution in [1.82, 2.24) is 19.5 Å². The molecule has 0 aliphatic rings. The summed E-state index contributed by atoms with van der Waals surface area (Å²) in [5, 5.41) is 3.87. The number of hydrogen-bond donors (Lipinski definition) is 1. The van der Waals surface area contributed by atoms with Gasteiger partial charge in [0.15, 0.2) is 0 Å². The molecule has 0 aromatic carbocycles. The summed E-state index contributed by atoms with van der Waals surface area (Å²) in [6.07, 6.45) is 4.48. The summed E-state index contributed by atoms with van der Waals surface area (Å²) in [5.41, 5.74) is 0.809. The zero-order chi connectivity index (χ0) is 16.2. The minimum absolute atomic E-state index is 0.155. The summed E-state index contributed by atoms with van der Waals surface area (Å²) in [6, 6.07) is 3.78. The van der Waals surface area contributed by atoms with Crippen LogP contribution in [0.3, 0.4) is 0 Å². The van der Waals surface area contributed by atoms with E-state index in [0.29, 0.717) is 0 Å². The Bertz CT molecular complexity index is 705. The number of anilines is 1. The van der Waals surface area contributed by atoms with Crippen LogP contribution < -0.4 is 9.62 Å². The first kappa shape index (κ1) is 16.4. The fourth-order valence-electron chi connectivity index (χ4n) is 2.06. The minimum atomic E-state index is -3.54. The zero-order valence-corrected chi connectivity index (χ0v) is 13.8. The molecule has 0 saturated heterocycles. The Hall–Kier alpha value is -1.93. The summed E-state index contributed by atoms with van der Waals surface area (Å²) >= 11 is 0. The lowest BCUT2D eigenvalue weighted by Gasteiger charge is -2.19. The largest absolute Gasteiger partial charge is 0.357 e. The monoisotopic (exact) mass is 323 g/mol. The molecule has 0 aliphatic heterocycles. The van der Waals surface area contributed by atoms with E-state index in [1.807, 2.05) is 12.1 Å². The molecule has 120 valence electrons. The highest BCUT2D eigenvalue weighted by molar-refractivity contribution is 7.89. The molecule has 0 fully saturated rings. The quantitative estimate of drug-likeness (QED) is 0.826. The first-order valence-electron chi connectivity index (χ1n) is 7.14. The van der Waals surface area contributed by atoms with Gasteiger partial charge in [-0.25, -0.2) is 18.1 Å². The van der Waals surface area contributed by atoms with Crippen molar-refractivity contribution in [2.75, 3.05) is 18.0 Å². The van der Waals surface area contributed by atoms with E-state index in [-0.39, 0.29) is 11.4 Å². The summed E-state index contributed by atoms with van der Waals surface area (Å²) < 4.78 is 28.2. The van der Waals surface area contributed by atoms with Crippen molar-refractivity contribution >= 4 is 15.8 Å². The second-order valence-corrected chi connectivity index (χ2v) is 6.64. The van der Waals surface area contributed by atoms with E-state index in [4.69, 9.17) is 0 Å². The normalized spacial score (nSPS) is 11.6. The Morgan fingerprint density at radius 1 is 1.23 bits per heavy atom. The summed E-state index contributed by atoms with van der Waals surface area (Å²) in [5.74, 6) is 0.892. The van der Waals surface area contributed by atoms with Crippen molar-refractivity contribution in [3.63, 3.8) is 0 Å². The smallest absolute Gasteiger partial charge is 0.243 e. The maximum atomic E-state index is 12.1. The number of aryl methyl sites for hydroxylation is 1. The van der Waals surface area contributed by atoms with Gasteiger partial charge in [0.1, 0.15) is 10.7 Å². The van der Waals surface area contributed by atoms with Crippen molar-refractivity contribution in [2.24, 2.45) is 7.05 Å². The van der Waals surface area contributed by atoms with E-state index in [1.165, 1.54) is 17.1 Å². The molecule has 7 nitrogen and oxygen atoms in total. The fourth-order valence-corrected chi connectivity index (χ4v) is 3.06. The van der Waals surface area contributed by atoms with E-state index in [1.54, 1.807) is 13.2 Å². The van der Waals surface area contributed by atoms with Gasteiger partial charge >= 0.3 is 0 Å². The molecule has 22 heavy (non-hydrogen) atoms. The molecule has 2 heterocycles. The van der Waals surface area contributed by atoms with Gasteiger partial charge in [0, 0.05) is 39.1 Å². The van der Waals surface area contributed by atoms with Crippen molar-refractivity contribution in [3.8, 4) is 0 Å². The maximum absolute atomic E-state index is 12.1. The van der Waals surface area contributed by atoms with Crippen LogP contribution >= 0.6 is 0 Å². The third-order valence-electron chi connectivity index (χ3n) is 3.35. The molecule has 2 rings (SSSR count). The Labute approximate surface area is 131 Å². The third kappa shape index (κ3) is 3.83. The van der Waals surface area contributed by atoms with Crippen LogP contribution in [0.5, 0.6) is 0 Å². The molecule has 0 bridgehead atoms. The lowest BCUT2D eigenvalue weighted by molar-refractivity contribution is 0.581. The van der Waals surface area contributed by atoms with Crippen LogP contribution in [0.4, 0.5) is 5.82 Å². The van der Waals surface area contributed by atoms with Gasteiger partial charge in [0.05, 0.1) is 6.20 Å². The van der Waals surface area contributed by atoms with Gasteiger partial charge < -0.3 is 4.90 Å². The molecule has 0 unspecified atom stereocenters. The summed E-state index contributed by atoms with van der Waals surface area (Å²) in [4.78, 5) is 6.66. The maximum Gasteiger partial charge on any atom is 0.243 e. The number of aromatic nitrogens is 3. The van der Waals surface area contributed by atoms with Crippen LogP contribution in [0.2, 0.25) is 0 Å². The molecule has 2 aromatic heterocycles. The Kier molecular flexibility index (Phi) is 5.15. The van der Waals surface area contributed by atoms with Gasteiger partial charge in [-0.3, -0.25) is 4.68 Å². The molecule has 0 radical (unpaired) electrons. The Balaban J connectivity index is 2.03.